The molecule has 38 heavy (non-hydrogen) atoms. The van der Waals surface area contributed by atoms with E-state index in [1.54, 1.807) is 6.07 Å². The molecule has 3 aromatic rings. The van der Waals surface area contributed by atoms with Crippen LogP contribution in [0.15, 0.2) is 53.8 Å². The molecule has 0 saturated carbocycles. The van der Waals surface area contributed by atoms with Gasteiger partial charge in [0.15, 0.2) is 0 Å². The average molecular weight is 574 g/mol. The van der Waals surface area contributed by atoms with Crippen LogP contribution in [0.2, 0.25) is 5.02 Å². The Bertz CT molecular complexity index is 1350. The second-order valence-electron chi connectivity index (χ2n) is 8.52. The summed E-state index contributed by atoms with van der Waals surface area (Å²) in [7, 11) is -3.49. The molecule has 1 aliphatic heterocycles. The minimum atomic E-state index is -4.59. The Labute approximate surface area is 222 Å². The highest BCUT2D eigenvalue weighted by Gasteiger charge is 2.37. The molecular formula is C24H24ClF4N5O3S. The first kappa shape index (κ1) is 29.4. The van der Waals surface area contributed by atoms with Gasteiger partial charge in [-0.15, -0.1) is 0 Å². The van der Waals surface area contributed by atoms with Gasteiger partial charge in [0.25, 0.3) is 0 Å². The van der Waals surface area contributed by atoms with Gasteiger partial charge >= 0.3 is 6.18 Å². The summed E-state index contributed by atoms with van der Waals surface area (Å²) in [6.07, 6.45) is 1.08. The molecule has 204 valence electrons. The fraction of sp³-hybridized carbons (Fsp3) is 0.333. The highest BCUT2D eigenvalue weighted by atomic mass is 35.5. The molecule has 0 spiro atoms. The van der Waals surface area contributed by atoms with Crippen LogP contribution in [0.5, 0.6) is 0 Å². The third-order valence-corrected chi connectivity index (χ3v) is 8.25. The van der Waals surface area contributed by atoms with Crippen molar-refractivity contribution in [3.8, 4) is 11.3 Å². The van der Waals surface area contributed by atoms with Crippen molar-refractivity contribution in [3.63, 3.8) is 0 Å². The second kappa shape index (κ2) is 12.1. The molecule has 3 heterocycles. The summed E-state index contributed by atoms with van der Waals surface area (Å²) in [5.74, 6) is -1.64. The van der Waals surface area contributed by atoms with Gasteiger partial charge in [-0.25, -0.2) is 22.8 Å². The molecule has 2 atom stereocenters. The summed E-state index contributed by atoms with van der Waals surface area (Å²) in [5, 5.41) is 2.77. The summed E-state index contributed by atoms with van der Waals surface area (Å²) < 4.78 is 76.2. The predicted octanol–water partition coefficient (Wildman–Crippen LogP) is 4.84. The molecule has 14 heteroatoms. The number of aromatic nitrogens is 3. The maximum atomic E-state index is 12.8. The fourth-order valence-corrected chi connectivity index (χ4v) is 5.96. The number of halogens is 5. The number of pyridine rings is 1. The molecule has 0 radical (unpaired) electrons. The number of nitrogens with zero attached hydrogens (tertiary/aromatic N) is 4. The largest absolute Gasteiger partial charge is 0.451 e. The highest BCUT2D eigenvalue weighted by Crippen LogP contribution is 2.31. The molecule has 0 unspecified atom stereocenters. The number of nitrogens with one attached hydrogen (secondary N) is 1. The number of alkyl halides is 3. The zero-order chi connectivity index (χ0) is 28.1. The normalized spacial score (nSPS) is 18.0. The van der Waals surface area contributed by atoms with E-state index in [1.807, 2.05) is 13.8 Å². The third-order valence-electron chi connectivity index (χ3n) is 5.77. The number of benzene rings is 1. The summed E-state index contributed by atoms with van der Waals surface area (Å²) in [6.45, 7) is 3.99. The summed E-state index contributed by atoms with van der Waals surface area (Å²) >= 11 is 5.91. The Morgan fingerprint density at radius 2 is 1.63 bits per heavy atom. The van der Waals surface area contributed by atoms with Crippen molar-refractivity contribution in [1.29, 1.82) is 0 Å². The Morgan fingerprint density at radius 1 is 1.05 bits per heavy atom. The quantitative estimate of drug-likeness (QED) is 0.334. The van der Waals surface area contributed by atoms with Crippen LogP contribution in [0.1, 0.15) is 38.1 Å². The number of hydrogen-bond donors (Lipinski definition) is 1. The number of sulfonamides is 1. The van der Waals surface area contributed by atoms with Crippen LogP contribution in [-0.4, -0.2) is 46.2 Å². The van der Waals surface area contributed by atoms with Crippen LogP contribution in [0.4, 0.5) is 17.6 Å². The molecule has 1 aromatic carbocycles. The van der Waals surface area contributed by atoms with Gasteiger partial charge in [-0.1, -0.05) is 11.6 Å². The summed E-state index contributed by atoms with van der Waals surface area (Å²) in [5.41, 5.74) is 1.25. The minimum Gasteiger partial charge on any atom is -0.355 e. The first-order valence-corrected chi connectivity index (χ1v) is 13.2. The highest BCUT2D eigenvalue weighted by molar-refractivity contribution is 7.89. The van der Waals surface area contributed by atoms with Gasteiger partial charge in [0.1, 0.15) is 5.82 Å². The lowest BCUT2D eigenvalue weighted by Gasteiger charge is -2.25. The molecular weight excluding hydrogens is 550 g/mol. The lowest BCUT2D eigenvalue weighted by molar-refractivity contribution is -0.145. The zero-order valence-electron chi connectivity index (χ0n) is 20.3. The number of rotatable bonds is 6. The molecule has 0 aliphatic carbocycles. The molecule has 1 N–H and O–H groups in total. The smallest absolute Gasteiger partial charge is 0.355 e. The summed E-state index contributed by atoms with van der Waals surface area (Å²) in [4.78, 5) is 21.0. The molecule has 0 bridgehead atoms. The Kier molecular flexibility index (Phi) is 9.39. The standard InChI is InChI=1S/C12H8ClF3N4O.C12H16FNO2S/c13-9-5-18-10(1-7(9)2-17-6-21)8-3-19-11(20-4-8)12(14,15)16;1-9-3-4-10(2)14(9)17(15,16)12-7-5-11(13)6-8-12/h1,3-6H,2H2,(H,17,21);5-10H,3-4H2,1-2H3/t;9-,10+. The van der Waals surface area contributed by atoms with Crippen LogP contribution in [-0.2, 0) is 27.5 Å². The fourth-order valence-electron chi connectivity index (χ4n) is 3.91. The first-order valence-electron chi connectivity index (χ1n) is 11.3. The van der Waals surface area contributed by atoms with E-state index < -0.39 is 27.8 Å². The van der Waals surface area contributed by atoms with E-state index >= 15 is 0 Å². The molecule has 4 rings (SSSR count). The number of carbonyl (C=O) groups is 1. The van der Waals surface area contributed by atoms with Crippen LogP contribution < -0.4 is 5.32 Å². The maximum absolute atomic E-state index is 12.8. The van der Waals surface area contributed by atoms with Crippen LogP contribution in [0.3, 0.4) is 0 Å². The van der Waals surface area contributed by atoms with E-state index in [9.17, 15) is 30.8 Å². The molecule has 2 aromatic heterocycles. The summed E-state index contributed by atoms with van der Waals surface area (Å²) in [6, 6.07) is 6.58. The number of carbonyl (C=O) groups excluding carboxylic acids is 1. The van der Waals surface area contributed by atoms with Crippen molar-refractivity contribution in [2.24, 2.45) is 0 Å². The van der Waals surface area contributed by atoms with Crippen molar-refractivity contribution in [2.45, 2.75) is 56.4 Å². The van der Waals surface area contributed by atoms with Gasteiger partial charge in [-0.2, -0.15) is 17.5 Å². The first-order chi connectivity index (χ1) is 17.8. The monoisotopic (exact) mass is 573 g/mol. The van der Waals surface area contributed by atoms with Gasteiger partial charge < -0.3 is 5.32 Å². The van der Waals surface area contributed by atoms with Gasteiger partial charge in [-0.05, 0) is 62.6 Å². The SMILES string of the molecule is C[C@@H]1CC[C@H](C)N1S(=O)(=O)c1ccc(F)cc1.O=CNCc1cc(-c2cnc(C(F)(F)F)nc2)ncc1Cl. The van der Waals surface area contributed by atoms with Crippen LogP contribution in [0.25, 0.3) is 11.3 Å². The average Bonchev–Trinajstić information content (AvgIpc) is 3.22. The molecule has 8 nitrogen and oxygen atoms in total. The van der Waals surface area contributed by atoms with Crippen molar-refractivity contribution >= 4 is 28.0 Å². The molecule has 1 amide bonds. The van der Waals surface area contributed by atoms with E-state index in [0.717, 1.165) is 25.2 Å². The molecule has 1 saturated heterocycles. The number of amides is 1. The second-order valence-corrected chi connectivity index (χ2v) is 10.8. The van der Waals surface area contributed by atoms with Crippen LogP contribution in [0, 0.1) is 5.82 Å². The van der Waals surface area contributed by atoms with Crippen molar-refractivity contribution < 1.29 is 30.8 Å². The third kappa shape index (κ3) is 7.03. The predicted molar refractivity (Wildman–Crippen MR) is 132 cm³/mol. The van der Waals surface area contributed by atoms with Gasteiger partial charge in [-0.3, -0.25) is 9.78 Å². The van der Waals surface area contributed by atoms with E-state index in [0.29, 0.717) is 28.3 Å². The molecule has 1 fully saturated rings. The van der Waals surface area contributed by atoms with E-state index in [-0.39, 0.29) is 23.5 Å². The van der Waals surface area contributed by atoms with E-state index in [4.69, 9.17) is 11.6 Å². The minimum absolute atomic E-state index is 0.0139. The van der Waals surface area contributed by atoms with Crippen molar-refractivity contribution in [1.82, 2.24) is 24.6 Å². The van der Waals surface area contributed by atoms with Crippen LogP contribution >= 0.6 is 11.6 Å². The van der Waals surface area contributed by atoms with Gasteiger partial charge in [0.2, 0.25) is 22.3 Å². The Hall–Kier alpha value is -3.16. The maximum Gasteiger partial charge on any atom is 0.451 e. The zero-order valence-corrected chi connectivity index (χ0v) is 21.9. The van der Waals surface area contributed by atoms with Crippen molar-refractivity contribution in [3.05, 3.63) is 71.2 Å². The Balaban J connectivity index is 0.000000215. The lowest BCUT2D eigenvalue weighted by Crippen LogP contribution is -2.38. The van der Waals surface area contributed by atoms with Gasteiger partial charge in [0.05, 0.1) is 15.6 Å². The Morgan fingerprint density at radius 3 is 2.16 bits per heavy atom. The van der Waals surface area contributed by atoms with Crippen molar-refractivity contribution in [2.75, 3.05) is 0 Å². The van der Waals surface area contributed by atoms with Gasteiger partial charge in [0, 0.05) is 42.8 Å². The van der Waals surface area contributed by atoms with E-state index in [1.165, 1.54) is 34.8 Å². The van der Waals surface area contributed by atoms with E-state index in [2.05, 4.69) is 20.3 Å². The molecule has 1 aliphatic rings. The topological polar surface area (TPSA) is 105 Å². The number of hydrogen-bond acceptors (Lipinski definition) is 6. The lowest BCUT2D eigenvalue weighted by atomic mass is 10.1.